The maximum atomic E-state index is 11.7. The van der Waals surface area contributed by atoms with Gasteiger partial charge in [0, 0.05) is 6.54 Å². The molecule has 1 heterocycles. The molecule has 0 aliphatic heterocycles. The van der Waals surface area contributed by atoms with Crippen LogP contribution in [0.4, 0.5) is 0 Å². The van der Waals surface area contributed by atoms with E-state index in [0.717, 1.165) is 0 Å². The topological polar surface area (TPSA) is 88.8 Å². The fourth-order valence-corrected chi connectivity index (χ4v) is 2.47. The van der Waals surface area contributed by atoms with Crippen LogP contribution >= 0.6 is 0 Å². The Balaban J connectivity index is 1.82. The van der Waals surface area contributed by atoms with E-state index in [0.29, 0.717) is 25.7 Å². The highest BCUT2D eigenvalue weighted by atomic mass is 16.5. The van der Waals surface area contributed by atoms with Gasteiger partial charge in [0.1, 0.15) is 0 Å². The molecule has 1 fully saturated rings. The van der Waals surface area contributed by atoms with E-state index in [2.05, 4.69) is 5.32 Å². The number of furan rings is 1. The van der Waals surface area contributed by atoms with E-state index in [4.69, 9.17) is 9.15 Å². The molecular weight excluding hydrogens is 262 g/mol. The fraction of sp³-hybridized carbons (Fsp3) is 0.571. The maximum absolute atomic E-state index is 11.7. The van der Waals surface area contributed by atoms with Gasteiger partial charge in [0.15, 0.2) is 5.76 Å². The van der Waals surface area contributed by atoms with E-state index < -0.39 is 5.60 Å². The lowest BCUT2D eigenvalue weighted by Gasteiger charge is -2.35. The summed E-state index contributed by atoms with van der Waals surface area (Å²) in [6, 6.07) is 3.19. The van der Waals surface area contributed by atoms with Crippen molar-refractivity contribution in [2.45, 2.75) is 31.3 Å². The van der Waals surface area contributed by atoms with Crippen molar-refractivity contribution >= 4 is 11.9 Å². The summed E-state index contributed by atoms with van der Waals surface area (Å²) in [5.74, 6) is -0.511. The number of carbonyl (C=O) groups excluding carboxylic acids is 2. The Bertz CT molecular complexity index is 460. The van der Waals surface area contributed by atoms with Crippen molar-refractivity contribution in [3.8, 4) is 0 Å². The van der Waals surface area contributed by atoms with Gasteiger partial charge in [-0.15, -0.1) is 0 Å². The minimum absolute atomic E-state index is 0.152. The van der Waals surface area contributed by atoms with Crippen LogP contribution in [0.15, 0.2) is 22.8 Å². The summed E-state index contributed by atoms with van der Waals surface area (Å²) in [7, 11) is 1.37. The smallest absolute Gasteiger partial charge is 0.308 e. The monoisotopic (exact) mass is 281 g/mol. The van der Waals surface area contributed by atoms with Gasteiger partial charge in [0.2, 0.25) is 0 Å². The van der Waals surface area contributed by atoms with Gasteiger partial charge in [0.25, 0.3) is 5.91 Å². The van der Waals surface area contributed by atoms with E-state index in [1.165, 1.54) is 13.4 Å². The predicted molar refractivity (Wildman–Crippen MR) is 70.0 cm³/mol. The molecule has 6 nitrogen and oxygen atoms in total. The highest BCUT2D eigenvalue weighted by Gasteiger charge is 2.36. The molecule has 0 unspecified atom stereocenters. The summed E-state index contributed by atoms with van der Waals surface area (Å²) >= 11 is 0. The number of hydrogen-bond donors (Lipinski definition) is 2. The number of ether oxygens (including phenoxy) is 1. The zero-order chi connectivity index (χ0) is 14.6. The minimum atomic E-state index is -0.966. The third-order valence-electron chi connectivity index (χ3n) is 3.77. The molecule has 20 heavy (non-hydrogen) atoms. The van der Waals surface area contributed by atoms with Gasteiger partial charge in [0.05, 0.1) is 24.9 Å². The first-order valence-electron chi connectivity index (χ1n) is 6.66. The van der Waals surface area contributed by atoms with Crippen LogP contribution in [-0.4, -0.2) is 36.2 Å². The van der Waals surface area contributed by atoms with Crippen LogP contribution in [0.3, 0.4) is 0 Å². The number of esters is 1. The molecule has 0 spiro atoms. The van der Waals surface area contributed by atoms with Crippen molar-refractivity contribution in [2.24, 2.45) is 5.92 Å². The second kappa shape index (κ2) is 6.09. The molecule has 110 valence electrons. The van der Waals surface area contributed by atoms with Crippen molar-refractivity contribution in [1.82, 2.24) is 5.32 Å². The van der Waals surface area contributed by atoms with E-state index in [1.54, 1.807) is 12.1 Å². The first-order valence-corrected chi connectivity index (χ1v) is 6.66. The van der Waals surface area contributed by atoms with Crippen LogP contribution in [0.5, 0.6) is 0 Å². The molecule has 2 rings (SSSR count). The fourth-order valence-electron chi connectivity index (χ4n) is 2.47. The molecule has 1 amide bonds. The van der Waals surface area contributed by atoms with Crippen LogP contribution in [0.2, 0.25) is 0 Å². The zero-order valence-electron chi connectivity index (χ0n) is 11.4. The van der Waals surface area contributed by atoms with Gasteiger partial charge in [-0.3, -0.25) is 9.59 Å². The second-order valence-corrected chi connectivity index (χ2v) is 5.18. The summed E-state index contributed by atoms with van der Waals surface area (Å²) in [5, 5.41) is 13.0. The molecule has 0 radical (unpaired) electrons. The van der Waals surface area contributed by atoms with Crippen LogP contribution in [0.1, 0.15) is 36.2 Å². The third kappa shape index (κ3) is 3.39. The van der Waals surface area contributed by atoms with Gasteiger partial charge in [-0.1, -0.05) is 0 Å². The minimum Gasteiger partial charge on any atom is -0.469 e. The molecule has 1 aliphatic rings. The molecule has 1 aromatic rings. The largest absolute Gasteiger partial charge is 0.469 e. The van der Waals surface area contributed by atoms with Crippen molar-refractivity contribution in [2.75, 3.05) is 13.7 Å². The standard InChI is InChI=1S/C14H19NO5/c1-19-13(17)10-4-6-14(18,7-5-10)9-15-12(16)11-3-2-8-20-11/h2-3,8,10,18H,4-7,9H2,1H3,(H,15,16). The number of rotatable bonds is 4. The number of methoxy groups -OCH3 is 1. The molecule has 0 atom stereocenters. The normalized spacial score (nSPS) is 26.0. The Kier molecular flexibility index (Phi) is 4.44. The summed E-state index contributed by atoms with van der Waals surface area (Å²) in [6.45, 7) is 0.153. The van der Waals surface area contributed by atoms with Crippen LogP contribution in [0.25, 0.3) is 0 Å². The van der Waals surface area contributed by atoms with Crippen molar-refractivity contribution in [3.05, 3.63) is 24.2 Å². The van der Waals surface area contributed by atoms with E-state index in [1.807, 2.05) is 0 Å². The lowest BCUT2D eigenvalue weighted by molar-refractivity contribution is -0.148. The Morgan fingerprint density at radius 3 is 2.75 bits per heavy atom. The highest BCUT2D eigenvalue weighted by molar-refractivity contribution is 5.91. The number of amides is 1. The molecule has 0 bridgehead atoms. The quantitative estimate of drug-likeness (QED) is 0.807. The van der Waals surface area contributed by atoms with Gasteiger partial charge in [-0.2, -0.15) is 0 Å². The first-order chi connectivity index (χ1) is 9.54. The van der Waals surface area contributed by atoms with Crippen LogP contribution in [-0.2, 0) is 9.53 Å². The Morgan fingerprint density at radius 1 is 1.50 bits per heavy atom. The molecule has 1 aromatic heterocycles. The molecule has 6 heteroatoms. The number of hydrogen-bond acceptors (Lipinski definition) is 5. The molecule has 0 aromatic carbocycles. The average molecular weight is 281 g/mol. The third-order valence-corrected chi connectivity index (χ3v) is 3.77. The Labute approximate surface area is 117 Å². The SMILES string of the molecule is COC(=O)C1CCC(O)(CNC(=O)c2ccco2)CC1. The number of aliphatic hydroxyl groups is 1. The van der Waals surface area contributed by atoms with Gasteiger partial charge in [-0.05, 0) is 37.8 Å². The summed E-state index contributed by atoms with van der Waals surface area (Å²) in [6.07, 6.45) is 3.49. The summed E-state index contributed by atoms with van der Waals surface area (Å²) in [4.78, 5) is 23.1. The van der Waals surface area contributed by atoms with Gasteiger partial charge >= 0.3 is 5.97 Å². The van der Waals surface area contributed by atoms with E-state index >= 15 is 0 Å². The van der Waals surface area contributed by atoms with Crippen LogP contribution in [0, 0.1) is 5.92 Å². The van der Waals surface area contributed by atoms with Crippen molar-refractivity contribution in [1.29, 1.82) is 0 Å². The van der Waals surface area contributed by atoms with Gasteiger partial charge < -0.3 is 19.6 Å². The Hall–Kier alpha value is -1.82. The molecular formula is C14H19NO5. The highest BCUT2D eigenvalue weighted by Crippen LogP contribution is 2.32. The molecule has 1 aliphatic carbocycles. The van der Waals surface area contributed by atoms with E-state index in [9.17, 15) is 14.7 Å². The maximum Gasteiger partial charge on any atom is 0.308 e. The summed E-state index contributed by atoms with van der Waals surface area (Å²) < 4.78 is 9.68. The molecule has 2 N–H and O–H groups in total. The predicted octanol–water partition coefficient (Wildman–Crippen LogP) is 1.10. The second-order valence-electron chi connectivity index (χ2n) is 5.18. The van der Waals surface area contributed by atoms with Crippen molar-refractivity contribution < 1.29 is 23.8 Å². The molecule has 1 saturated carbocycles. The number of carbonyl (C=O) groups is 2. The average Bonchev–Trinajstić information content (AvgIpc) is 2.99. The van der Waals surface area contributed by atoms with E-state index in [-0.39, 0.29) is 30.1 Å². The lowest BCUT2D eigenvalue weighted by atomic mass is 9.79. The van der Waals surface area contributed by atoms with Crippen molar-refractivity contribution in [3.63, 3.8) is 0 Å². The van der Waals surface area contributed by atoms with Crippen LogP contribution < -0.4 is 5.32 Å². The zero-order valence-corrected chi connectivity index (χ0v) is 11.4. The Morgan fingerprint density at radius 2 is 2.20 bits per heavy atom. The van der Waals surface area contributed by atoms with Gasteiger partial charge in [-0.25, -0.2) is 0 Å². The molecule has 0 saturated heterocycles. The number of nitrogens with one attached hydrogen (secondary N) is 1. The summed E-state index contributed by atoms with van der Waals surface area (Å²) in [5.41, 5.74) is -0.966. The lowest BCUT2D eigenvalue weighted by Crippen LogP contribution is -2.46. The first kappa shape index (κ1) is 14.6.